The molecule has 1 aliphatic rings. The summed E-state index contributed by atoms with van der Waals surface area (Å²) in [5.41, 5.74) is 1.85. The van der Waals surface area contributed by atoms with Crippen molar-refractivity contribution in [1.29, 1.82) is 0 Å². The van der Waals surface area contributed by atoms with Gasteiger partial charge in [-0.25, -0.2) is 13.1 Å². The Morgan fingerprint density at radius 1 is 1.46 bits per heavy atom. The molecule has 1 aromatic carbocycles. The highest BCUT2D eigenvalue weighted by molar-refractivity contribution is 7.91. The Bertz CT molecular complexity index is 1000. The molecular formula is C18H25ClN4O2S3. The average Bonchev–Trinajstić information content (AvgIpc) is 3.13. The fraction of sp³-hybridized carbons (Fsp3) is 0.556. The van der Waals surface area contributed by atoms with Crippen LogP contribution in [0.2, 0.25) is 5.02 Å². The Kier molecular flexibility index (Phi) is 6.81. The summed E-state index contributed by atoms with van der Waals surface area (Å²) in [4.78, 5) is 2.19. The normalized spacial score (nSPS) is 18.9. The standard InChI is InChI=1S/C18H25ClN4O2S3/c1-12(2)9-22(14-7-8-28(24,25)10-14)11-23-18(26)27-17(21-23)20-16-6-4-5-15(19)13(16)3/h4-6,12,14H,7-11H2,1-3H3,(H,20,21)/t14-/m0/s1. The second-order valence-corrected chi connectivity index (χ2v) is 11.8. The molecule has 1 atom stereocenters. The summed E-state index contributed by atoms with van der Waals surface area (Å²) in [6, 6.07) is 5.70. The van der Waals surface area contributed by atoms with Crippen LogP contribution in [0.5, 0.6) is 0 Å². The van der Waals surface area contributed by atoms with E-state index < -0.39 is 9.84 Å². The SMILES string of the molecule is Cc1c(Cl)cccc1Nc1nn(CN(CC(C)C)[C@H]2CCS(=O)(=O)C2)c(=S)s1. The van der Waals surface area contributed by atoms with Gasteiger partial charge in [-0.05, 0) is 49.2 Å². The molecule has 1 aliphatic heterocycles. The number of rotatable bonds is 7. The van der Waals surface area contributed by atoms with Crippen molar-refractivity contribution in [2.45, 2.75) is 39.9 Å². The molecule has 0 amide bonds. The van der Waals surface area contributed by atoms with E-state index in [0.29, 0.717) is 33.1 Å². The van der Waals surface area contributed by atoms with Crippen molar-refractivity contribution in [2.24, 2.45) is 5.92 Å². The van der Waals surface area contributed by atoms with Crippen LogP contribution in [-0.2, 0) is 16.5 Å². The minimum atomic E-state index is -2.94. The molecule has 0 spiro atoms. The number of benzene rings is 1. The quantitative estimate of drug-likeness (QED) is 0.614. The predicted molar refractivity (Wildman–Crippen MR) is 119 cm³/mol. The summed E-state index contributed by atoms with van der Waals surface area (Å²) in [7, 11) is -2.94. The first-order valence-electron chi connectivity index (χ1n) is 9.19. The van der Waals surface area contributed by atoms with Gasteiger partial charge in [-0.3, -0.25) is 4.90 Å². The Labute approximate surface area is 180 Å². The van der Waals surface area contributed by atoms with Gasteiger partial charge in [-0.1, -0.05) is 42.9 Å². The van der Waals surface area contributed by atoms with Crippen molar-refractivity contribution in [3.8, 4) is 0 Å². The van der Waals surface area contributed by atoms with E-state index in [1.54, 1.807) is 4.68 Å². The van der Waals surface area contributed by atoms with Gasteiger partial charge in [-0.2, -0.15) is 0 Å². The van der Waals surface area contributed by atoms with Gasteiger partial charge in [0.25, 0.3) is 0 Å². The summed E-state index contributed by atoms with van der Waals surface area (Å²) in [6.07, 6.45) is 0.666. The van der Waals surface area contributed by atoms with Gasteiger partial charge in [0.1, 0.15) is 0 Å². The molecule has 2 aromatic rings. The maximum atomic E-state index is 11.9. The fourth-order valence-corrected chi connectivity index (χ4v) is 6.27. The molecule has 1 N–H and O–H groups in total. The lowest BCUT2D eigenvalue weighted by molar-refractivity contribution is 0.138. The van der Waals surface area contributed by atoms with E-state index in [1.807, 2.05) is 25.1 Å². The first kappa shape index (κ1) is 21.7. The van der Waals surface area contributed by atoms with Crippen molar-refractivity contribution in [3.63, 3.8) is 0 Å². The minimum absolute atomic E-state index is 0.0163. The van der Waals surface area contributed by atoms with E-state index in [0.717, 1.165) is 17.8 Å². The van der Waals surface area contributed by atoms with E-state index in [2.05, 4.69) is 29.2 Å². The molecular weight excluding hydrogens is 436 g/mol. The van der Waals surface area contributed by atoms with Gasteiger partial charge >= 0.3 is 0 Å². The summed E-state index contributed by atoms with van der Waals surface area (Å²) in [5.74, 6) is 0.891. The van der Waals surface area contributed by atoms with Gasteiger partial charge in [0.15, 0.2) is 13.8 Å². The summed E-state index contributed by atoms with van der Waals surface area (Å²) in [5, 5.41) is 9.29. The minimum Gasteiger partial charge on any atom is -0.330 e. The Morgan fingerprint density at radius 3 is 2.86 bits per heavy atom. The zero-order chi connectivity index (χ0) is 20.5. The number of nitrogens with zero attached hydrogens (tertiary/aromatic N) is 3. The molecule has 0 radical (unpaired) electrons. The van der Waals surface area contributed by atoms with E-state index in [1.165, 1.54) is 11.3 Å². The van der Waals surface area contributed by atoms with Gasteiger partial charge in [0.2, 0.25) is 5.13 Å². The molecule has 28 heavy (non-hydrogen) atoms. The third-order valence-electron chi connectivity index (χ3n) is 4.76. The monoisotopic (exact) mass is 460 g/mol. The van der Waals surface area contributed by atoms with Crippen molar-refractivity contribution < 1.29 is 8.42 Å². The topological polar surface area (TPSA) is 67.2 Å². The van der Waals surface area contributed by atoms with Crippen LogP contribution in [0.4, 0.5) is 10.8 Å². The van der Waals surface area contributed by atoms with Crippen molar-refractivity contribution in [1.82, 2.24) is 14.7 Å². The van der Waals surface area contributed by atoms with Crippen molar-refractivity contribution >= 4 is 55.8 Å². The van der Waals surface area contributed by atoms with Crippen molar-refractivity contribution in [3.05, 3.63) is 32.7 Å². The zero-order valence-electron chi connectivity index (χ0n) is 16.2. The molecule has 2 heterocycles. The van der Waals surface area contributed by atoms with Crippen LogP contribution in [0.1, 0.15) is 25.8 Å². The number of sulfone groups is 1. The Morgan fingerprint density at radius 2 is 2.21 bits per heavy atom. The van der Waals surface area contributed by atoms with Gasteiger partial charge in [-0.15, -0.1) is 5.10 Å². The van der Waals surface area contributed by atoms with Gasteiger partial charge < -0.3 is 5.32 Å². The van der Waals surface area contributed by atoms with E-state index in [9.17, 15) is 8.42 Å². The highest BCUT2D eigenvalue weighted by atomic mass is 35.5. The third-order valence-corrected chi connectivity index (χ3v) is 8.14. The van der Waals surface area contributed by atoms with Crippen LogP contribution in [0.3, 0.4) is 0 Å². The number of hydrogen-bond donors (Lipinski definition) is 1. The predicted octanol–water partition coefficient (Wildman–Crippen LogP) is 4.48. The lowest BCUT2D eigenvalue weighted by atomic mass is 10.1. The molecule has 0 saturated carbocycles. The van der Waals surface area contributed by atoms with Crippen LogP contribution < -0.4 is 5.32 Å². The number of nitrogens with one attached hydrogen (secondary N) is 1. The first-order chi connectivity index (χ1) is 13.1. The van der Waals surface area contributed by atoms with Crippen LogP contribution in [0.15, 0.2) is 18.2 Å². The molecule has 1 aromatic heterocycles. The lowest BCUT2D eigenvalue weighted by Gasteiger charge is -2.29. The molecule has 154 valence electrons. The molecule has 1 saturated heterocycles. The fourth-order valence-electron chi connectivity index (χ4n) is 3.33. The molecule has 0 aliphatic carbocycles. The molecule has 1 fully saturated rings. The number of aromatic nitrogens is 2. The zero-order valence-corrected chi connectivity index (χ0v) is 19.4. The lowest BCUT2D eigenvalue weighted by Crippen LogP contribution is -2.40. The molecule has 0 bridgehead atoms. The second-order valence-electron chi connectivity index (χ2n) is 7.57. The second kappa shape index (κ2) is 8.79. The van der Waals surface area contributed by atoms with Gasteiger partial charge in [0, 0.05) is 23.3 Å². The molecule has 3 rings (SSSR count). The van der Waals surface area contributed by atoms with Crippen molar-refractivity contribution in [2.75, 3.05) is 23.4 Å². The smallest absolute Gasteiger partial charge is 0.209 e. The summed E-state index contributed by atoms with van der Waals surface area (Å²) in [6.45, 7) is 7.50. The average molecular weight is 461 g/mol. The Balaban J connectivity index is 1.79. The molecule has 10 heteroatoms. The molecule has 0 unspecified atom stereocenters. The number of anilines is 2. The maximum Gasteiger partial charge on any atom is 0.209 e. The van der Waals surface area contributed by atoms with E-state index in [-0.39, 0.29) is 17.5 Å². The van der Waals surface area contributed by atoms with Crippen LogP contribution in [-0.4, -0.2) is 47.2 Å². The van der Waals surface area contributed by atoms with Crippen LogP contribution >= 0.6 is 35.2 Å². The van der Waals surface area contributed by atoms with Crippen LogP contribution in [0.25, 0.3) is 0 Å². The highest BCUT2D eigenvalue weighted by Crippen LogP contribution is 2.28. The maximum absolute atomic E-state index is 11.9. The Hall–Kier alpha value is -1.00. The summed E-state index contributed by atoms with van der Waals surface area (Å²) < 4.78 is 26.3. The van der Waals surface area contributed by atoms with E-state index in [4.69, 9.17) is 23.8 Å². The highest BCUT2D eigenvalue weighted by Gasteiger charge is 2.32. The summed E-state index contributed by atoms with van der Waals surface area (Å²) >= 11 is 13.1. The van der Waals surface area contributed by atoms with Gasteiger partial charge in [0.05, 0.1) is 18.2 Å². The largest absolute Gasteiger partial charge is 0.330 e. The number of halogens is 1. The number of hydrogen-bond acceptors (Lipinski definition) is 7. The first-order valence-corrected chi connectivity index (χ1v) is 12.6. The van der Waals surface area contributed by atoms with E-state index >= 15 is 0 Å². The molecule has 6 nitrogen and oxygen atoms in total. The third kappa shape index (κ3) is 5.33. The van der Waals surface area contributed by atoms with Crippen LogP contribution in [0, 0.1) is 16.8 Å².